The highest BCUT2D eigenvalue weighted by Gasteiger charge is 2.33. The number of benzene rings is 1. The Morgan fingerprint density at radius 1 is 1.23 bits per heavy atom. The fourth-order valence-electron chi connectivity index (χ4n) is 3.27. The molecule has 1 aliphatic heterocycles. The third-order valence-electron chi connectivity index (χ3n) is 4.86. The normalized spacial score (nSPS) is 13.4. The van der Waals surface area contributed by atoms with Crippen LogP contribution in [0, 0.1) is 11.6 Å². The number of hydrogen-bond donors (Lipinski definition) is 2. The number of carbonyl (C=O) groups excluding carboxylic acids is 2. The molecule has 1 aromatic heterocycles. The summed E-state index contributed by atoms with van der Waals surface area (Å²) in [5, 5.41) is 14.5. The van der Waals surface area contributed by atoms with Crippen LogP contribution in [0.1, 0.15) is 46.7 Å². The quantitative estimate of drug-likeness (QED) is 0.740. The van der Waals surface area contributed by atoms with Crippen LogP contribution in [-0.4, -0.2) is 46.3 Å². The van der Waals surface area contributed by atoms with Gasteiger partial charge in [-0.05, 0) is 19.4 Å². The molecule has 0 radical (unpaired) electrons. The second-order valence-corrected chi connectivity index (χ2v) is 6.86. The van der Waals surface area contributed by atoms with Crippen LogP contribution in [0.2, 0.25) is 0 Å². The number of nitrogens with zero attached hydrogens (tertiary/aromatic N) is 3. The molecule has 10 heteroatoms. The maximum Gasteiger partial charge on any atom is 0.277 e. The highest BCUT2D eigenvalue weighted by atomic mass is 19.1. The van der Waals surface area contributed by atoms with Crippen LogP contribution in [0.15, 0.2) is 29.2 Å². The molecular formula is C20H22F2N4O4. The number of halogens is 2. The SMILES string of the molecule is CCCN1CN(CC)C(=O)c2c(O)c(=O)c(C(=O)NCc3ccc(F)cc3F)cn21. The first-order valence-corrected chi connectivity index (χ1v) is 9.53. The van der Waals surface area contributed by atoms with Crippen molar-refractivity contribution in [2.75, 3.05) is 24.8 Å². The summed E-state index contributed by atoms with van der Waals surface area (Å²) in [5.41, 5.74) is -1.56. The van der Waals surface area contributed by atoms with Crippen LogP contribution >= 0.6 is 0 Å². The van der Waals surface area contributed by atoms with Crippen molar-refractivity contribution in [3.8, 4) is 5.75 Å². The van der Waals surface area contributed by atoms with Crippen LogP contribution < -0.4 is 15.8 Å². The Balaban J connectivity index is 1.95. The Bertz CT molecular complexity index is 1050. The molecule has 0 saturated carbocycles. The molecule has 1 aliphatic rings. The summed E-state index contributed by atoms with van der Waals surface area (Å²) in [6, 6.07) is 2.93. The lowest BCUT2D eigenvalue weighted by atomic mass is 10.1. The second-order valence-electron chi connectivity index (χ2n) is 6.86. The summed E-state index contributed by atoms with van der Waals surface area (Å²) in [6.07, 6.45) is 1.93. The Morgan fingerprint density at radius 2 is 1.97 bits per heavy atom. The molecule has 2 aromatic rings. The summed E-state index contributed by atoms with van der Waals surface area (Å²) in [5.74, 6) is -3.77. The standard InChI is InChI=1S/C20H22F2N4O4/c1-3-7-25-11-24(4-2)20(30)16-18(28)17(27)14(10-26(16)25)19(29)23-9-12-5-6-13(21)8-15(12)22/h5-6,8,10,28H,3-4,7,9,11H2,1-2H3,(H,23,29). The Labute approximate surface area is 171 Å². The zero-order valence-corrected chi connectivity index (χ0v) is 16.6. The first-order valence-electron chi connectivity index (χ1n) is 9.53. The van der Waals surface area contributed by atoms with Crippen LogP contribution in [0.5, 0.6) is 5.75 Å². The summed E-state index contributed by atoms with van der Waals surface area (Å²) < 4.78 is 28.1. The van der Waals surface area contributed by atoms with Gasteiger partial charge in [0.05, 0.1) is 0 Å². The molecule has 0 atom stereocenters. The Kier molecular flexibility index (Phi) is 6.04. The van der Waals surface area contributed by atoms with Gasteiger partial charge in [0.25, 0.3) is 11.8 Å². The summed E-state index contributed by atoms with van der Waals surface area (Å²) in [7, 11) is 0. The van der Waals surface area contributed by atoms with Gasteiger partial charge in [-0.25, -0.2) is 8.78 Å². The largest absolute Gasteiger partial charge is 0.502 e. The maximum absolute atomic E-state index is 13.8. The number of aromatic hydroxyl groups is 1. The van der Waals surface area contributed by atoms with E-state index in [0.717, 1.165) is 12.5 Å². The molecule has 0 unspecified atom stereocenters. The number of pyridine rings is 1. The van der Waals surface area contributed by atoms with Crippen molar-refractivity contribution in [1.82, 2.24) is 14.9 Å². The van der Waals surface area contributed by atoms with E-state index in [4.69, 9.17) is 0 Å². The van der Waals surface area contributed by atoms with E-state index in [9.17, 15) is 28.3 Å². The van der Waals surface area contributed by atoms with Gasteiger partial charge < -0.3 is 15.3 Å². The van der Waals surface area contributed by atoms with E-state index in [1.807, 2.05) is 6.92 Å². The molecule has 2 N–H and O–H groups in total. The first-order chi connectivity index (χ1) is 14.3. The van der Waals surface area contributed by atoms with Crippen molar-refractivity contribution in [3.63, 3.8) is 0 Å². The molecule has 0 saturated heterocycles. The molecule has 1 aromatic carbocycles. The highest BCUT2D eigenvalue weighted by molar-refractivity contribution is 5.99. The van der Waals surface area contributed by atoms with Gasteiger partial charge in [0.1, 0.15) is 23.9 Å². The molecular weight excluding hydrogens is 398 g/mol. The van der Waals surface area contributed by atoms with Crippen molar-refractivity contribution in [3.05, 3.63) is 63.1 Å². The molecule has 160 valence electrons. The summed E-state index contributed by atoms with van der Waals surface area (Å²) in [6.45, 7) is 4.57. The molecule has 2 heterocycles. The van der Waals surface area contributed by atoms with Crippen molar-refractivity contribution in [2.24, 2.45) is 0 Å². The van der Waals surface area contributed by atoms with Gasteiger partial charge in [-0.3, -0.25) is 24.1 Å². The van der Waals surface area contributed by atoms with Crippen LogP contribution in [0.25, 0.3) is 0 Å². The number of nitrogens with one attached hydrogen (secondary N) is 1. The minimum atomic E-state index is -0.999. The topological polar surface area (TPSA) is 94.9 Å². The minimum Gasteiger partial charge on any atom is -0.502 e. The number of carbonyl (C=O) groups is 2. The van der Waals surface area contributed by atoms with E-state index < -0.39 is 40.2 Å². The van der Waals surface area contributed by atoms with Crippen molar-refractivity contribution >= 4 is 11.8 Å². The lowest BCUT2D eigenvalue weighted by Crippen LogP contribution is -2.54. The van der Waals surface area contributed by atoms with E-state index in [1.165, 1.54) is 21.8 Å². The van der Waals surface area contributed by atoms with Crippen molar-refractivity contribution in [1.29, 1.82) is 0 Å². The van der Waals surface area contributed by atoms with Gasteiger partial charge in [-0.15, -0.1) is 0 Å². The third-order valence-corrected chi connectivity index (χ3v) is 4.86. The first kappa shape index (κ1) is 21.3. The maximum atomic E-state index is 13.8. The molecule has 30 heavy (non-hydrogen) atoms. The molecule has 0 aliphatic carbocycles. The number of amides is 2. The average Bonchev–Trinajstić information content (AvgIpc) is 2.71. The Hall–Kier alpha value is -3.43. The van der Waals surface area contributed by atoms with Crippen molar-refractivity contribution < 1.29 is 23.5 Å². The molecule has 2 amide bonds. The smallest absolute Gasteiger partial charge is 0.277 e. The predicted molar refractivity (Wildman–Crippen MR) is 105 cm³/mol. The van der Waals surface area contributed by atoms with Gasteiger partial charge in [0.15, 0.2) is 11.4 Å². The lowest BCUT2D eigenvalue weighted by Gasteiger charge is -2.39. The van der Waals surface area contributed by atoms with E-state index in [2.05, 4.69) is 5.32 Å². The minimum absolute atomic E-state index is 0.0356. The van der Waals surface area contributed by atoms with E-state index in [1.54, 1.807) is 11.9 Å². The van der Waals surface area contributed by atoms with Gasteiger partial charge in [-0.2, -0.15) is 0 Å². The fourth-order valence-corrected chi connectivity index (χ4v) is 3.27. The second kappa shape index (κ2) is 8.52. The van der Waals surface area contributed by atoms with Gasteiger partial charge >= 0.3 is 0 Å². The summed E-state index contributed by atoms with van der Waals surface area (Å²) in [4.78, 5) is 39.3. The molecule has 0 fully saturated rings. The fraction of sp³-hybridized carbons (Fsp3) is 0.350. The number of fused-ring (bicyclic) bond motifs is 1. The van der Waals surface area contributed by atoms with Gasteiger partial charge in [-0.1, -0.05) is 13.0 Å². The van der Waals surface area contributed by atoms with E-state index in [-0.39, 0.29) is 24.5 Å². The Morgan fingerprint density at radius 3 is 2.60 bits per heavy atom. The van der Waals surface area contributed by atoms with Gasteiger partial charge in [0.2, 0.25) is 5.43 Å². The van der Waals surface area contributed by atoms with E-state index >= 15 is 0 Å². The zero-order valence-electron chi connectivity index (χ0n) is 16.6. The van der Waals surface area contributed by atoms with Crippen LogP contribution in [0.3, 0.4) is 0 Å². The monoisotopic (exact) mass is 420 g/mol. The number of aromatic nitrogens is 1. The molecule has 3 rings (SSSR count). The van der Waals surface area contributed by atoms with Crippen LogP contribution in [-0.2, 0) is 6.54 Å². The molecule has 0 spiro atoms. The number of hydrogen-bond acceptors (Lipinski definition) is 5. The third kappa shape index (κ3) is 3.85. The highest BCUT2D eigenvalue weighted by Crippen LogP contribution is 2.21. The molecule has 8 nitrogen and oxygen atoms in total. The van der Waals surface area contributed by atoms with Crippen molar-refractivity contribution in [2.45, 2.75) is 26.8 Å². The zero-order chi connectivity index (χ0) is 22.0. The number of rotatable bonds is 6. The lowest BCUT2D eigenvalue weighted by molar-refractivity contribution is 0.0695. The average molecular weight is 420 g/mol. The predicted octanol–water partition coefficient (Wildman–Crippen LogP) is 1.54. The summed E-state index contributed by atoms with van der Waals surface area (Å²) >= 11 is 0. The van der Waals surface area contributed by atoms with Gasteiger partial charge in [0, 0.05) is 37.5 Å². The van der Waals surface area contributed by atoms with E-state index in [0.29, 0.717) is 19.2 Å². The molecule has 0 bridgehead atoms. The van der Waals surface area contributed by atoms with Crippen LogP contribution in [0.4, 0.5) is 8.78 Å².